The van der Waals surface area contributed by atoms with E-state index >= 15 is 0 Å². The van der Waals surface area contributed by atoms with Gasteiger partial charge in [-0.2, -0.15) is 0 Å². The van der Waals surface area contributed by atoms with Gasteiger partial charge in [0.05, 0.1) is 0 Å². The van der Waals surface area contributed by atoms with Gasteiger partial charge in [0.25, 0.3) is 0 Å². The molecule has 0 aromatic heterocycles. The molecule has 5 heteroatoms. The first-order chi connectivity index (χ1) is 0. The molecule has 0 bridgehead atoms. The topological polar surface area (TPSA) is 0 Å². The summed E-state index contributed by atoms with van der Waals surface area (Å²) in [6.07, 6.45) is 0. The number of hydrogen-bond donors (Lipinski definition) is 0. The van der Waals surface area contributed by atoms with Gasteiger partial charge in [0.2, 0.25) is 0 Å². The van der Waals surface area contributed by atoms with Gasteiger partial charge in [0.1, 0.15) is 0 Å². The van der Waals surface area contributed by atoms with Crippen LogP contribution in [-0.2, 0) is 26.2 Å². The Morgan fingerprint density at radius 2 is 1.00 bits per heavy atom. The van der Waals surface area contributed by atoms with Crippen molar-refractivity contribution in [3.63, 3.8) is 0 Å². The molecular weight excluding hydrogens is 334 g/mol. The van der Waals surface area contributed by atoms with E-state index in [1.165, 1.54) is 0 Å². The van der Waals surface area contributed by atoms with Crippen LogP contribution in [0, 0.1) is 35.6 Å². The normalized spacial score (nSPS) is 0. The summed E-state index contributed by atoms with van der Waals surface area (Å²) < 4.78 is 0. The molecule has 0 spiro atoms. The fourth-order valence-electron chi connectivity index (χ4n) is 0. The van der Waals surface area contributed by atoms with Crippen molar-refractivity contribution in [3.05, 3.63) is 0 Å². The Kier molecular flexibility index (Phi) is 183. The van der Waals surface area contributed by atoms with Crippen LogP contribution in [-0.4, -0.2) is 56.0 Å². The first kappa shape index (κ1) is 36.8. The zero-order valence-corrected chi connectivity index (χ0v) is 12.9. The van der Waals surface area contributed by atoms with Crippen molar-refractivity contribution in [2.24, 2.45) is 0 Å². The molecule has 0 saturated heterocycles. The second-order valence-corrected chi connectivity index (χ2v) is 0. The monoisotopic (exact) mass is 332 g/mol. The van der Waals surface area contributed by atoms with Gasteiger partial charge in [0.15, 0.2) is 0 Å². The van der Waals surface area contributed by atoms with E-state index in [0.29, 0.717) is 0 Å². The molecule has 0 aliphatic rings. The van der Waals surface area contributed by atoms with Crippen molar-refractivity contribution < 1.29 is 61.8 Å². The maximum Gasteiger partial charge on any atom is 0 e. The van der Waals surface area contributed by atoms with Crippen molar-refractivity contribution in [1.29, 1.82) is 0 Å². The van der Waals surface area contributed by atoms with Crippen LogP contribution in [0.2, 0.25) is 0 Å². The third-order valence-electron chi connectivity index (χ3n) is 0. The summed E-state index contributed by atoms with van der Waals surface area (Å²) in [5.74, 6) is 0. The van der Waals surface area contributed by atoms with Gasteiger partial charge >= 0.3 is 0 Å². The van der Waals surface area contributed by atoms with Gasteiger partial charge in [-0.25, -0.2) is 0 Å². The molecule has 0 N–H and O–H groups in total. The Bertz CT molecular complexity index is 11.6. The smallest absolute Gasteiger partial charge is 0 e. The molecule has 0 saturated carbocycles. The SMILES string of the molecule is [Al].[Ga].[La].[Li].[Zr]. The summed E-state index contributed by atoms with van der Waals surface area (Å²) >= 11 is 0. The molecule has 0 atom stereocenters. The van der Waals surface area contributed by atoms with E-state index < -0.39 is 0 Å². The maximum atomic E-state index is 0. The summed E-state index contributed by atoms with van der Waals surface area (Å²) in [7, 11) is 0. The molecule has 5 heavy (non-hydrogen) atoms. The fourth-order valence-corrected chi connectivity index (χ4v) is 0. The number of rotatable bonds is 0. The van der Waals surface area contributed by atoms with Crippen LogP contribution in [0.5, 0.6) is 0 Å². The van der Waals surface area contributed by atoms with E-state index in [2.05, 4.69) is 0 Å². The third-order valence-corrected chi connectivity index (χ3v) is 0. The van der Waals surface area contributed by atoms with Crippen molar-refractivity contribution >= 4 is 56.0 Å². The maximum absolute atomic E-state index is 0. The van der Waals surface area contributed by atoms with Gasteiger partial charge in [-0.3, -0.25) is 0 Å². The average molecular weight is 334 g/mol. The fraction of sp³-hybridized carbons (Fsp3) is 0. The molecule has 0 rings (SSSR count). The second-order valence-electron chi connectivity index (χ2n) is 0. The minimum absolute atomic E-state index is 0. The van der Waals surface area contributed by atoms with Crippen molar-refractivity contribution in [3.8, 4) is 0 Å². The van der Waals surface area contributed by atoms with Gasteiger partial charge in [-0.1, -0.05) is 0 Å². The molecule has 0 aliphatic carbocycles. The molecule has 0 aromatic carbocycles. The van der Waals surface area contributed by atoms with Crippen LogP contribution in [0.3, 0.4) is 0 Å². The Morgan fingerprint density at radius 1 is 1.00 bits per heavy atom. The van der Waals surface area contributed by atoms with Gasteiger partial charge in [-0.15, -0.1) is 0 Å². The molecule has 0 amide bonds. The largest absolute Gasteiger partial charge is 0 e. The van der Waals surface area contributed by atoms with E-state index in [4.69, 9.17) is 0 Å². The summed E-state index contributed by atoms with van der Waals surface area (Å²) in [5.41, 5.74) is 0. The average Bonchev–Trinajstić information content (AvgIpc) is 0. The predicted molar refractivity (Wildman–Crippen MR) is 17.3 cm³/mol. The van der Waals surface area contributed by atoms with E-state index in [1.54, 1.807) is 0 Å². The molecule has 0 aromatic rings. The van der Waals surface area contributed by atoms with Crippen LogP contribution >= 0.6 is 0 Å². The molecule has 0 unspecified atom stereocenters. The van der Waals surface area contributed by atoms with Gasteiger partial charge in [-0.05, 0) is 0 Å². The van der Waals surface area contributed by atoms with Crippen molar-refractivity contribution in [2.75, 3.05) is 0 Å². The Balaban J connectivity index is 0. The predicted octanol–water partition coefficient (Wildman–Crippen LogP) is -1.14. The summed E-state index contributed by atoms with van der Waals surface area (Å²) in [6, 6.07) is 0. The van der Waals surface area contributed by atoms with Crippen molar-refractivity contribution in [2.45, 2.75) is 0 Å². The van der Waals surface area contributed by atoms with Crippen LogP contribution in [0.4, 0.5) is 0 Å². The van der Waals surface area contributed by atoms with Crippen molar-refractivity contribution in [1.82, 2.24) is 0 Å². The van der Waals surface area contributed by atoms with E-state index in [9.17, 15) is 0 Å². The number of hydrogen-bond acceptors (Lipinski definition) is 0. The summed E-state index contributed by atoms with van der Waals surface area (Å²) in [6.45, 7) is 0. The van der Waals surface area contributed by atoms with Crippen LogP contribution < -0.4 is 0 Å². The van der Waals surface area contributed by atoms with E-state index in [0.717, 1.165) is 0 Å². The summed E-state index contributed by atoms with van der Waals surface area (Å²) in [5, 5.41) is 0. The van der Waals surface area contributed by atoms with Crippen LogP contribution in [0.15, 0.2) is 0 Å². The standard InChI is InChI=1S/Al.Ga.La.Li.Zr. The molecule has 0 aliphatic heterocycles. The van der Waals surface area contributed by atoms with Crippen LogP contribution in [0.25, 0.3) is 0 Å². The second kappa shape index (κ2) is 24.9. The van der Waals surface area contributed by atoms with E-state index in [1.807, 2.05) is 0 Å². The van der Waals surface area contributed by atoms with Gasteiger partial charge in [0, 0.05) is 118 Å². The Labute approximate surface area is 115 Å². The quantitative estimate of drug-likeness (QED) is 0.492. The first-order valence-corrected chi connectivity index (χ1v) is 0. The minimum atomic E-state index is 0. The Morgan fingerprint density at radius 3 is 1.00 bits per heavy atom. The molecule has 0 nitrogen and oxygen atoms in total. The molecular formula is AlGaLaLiZr. The Hall–Kier alpha value is 3.84. The van der Waals surface area contributed by atoms with E-state index in [-0.39, 0.29) is 118 Å². The minimum Gasteiger partial charge on any atom is 0 e. The molecule has 0 fully saturated rings. The molecule has 8 radical (unpaired) electrons. The van der Waals surface area contributed by atoms with Gasteiger partial charge < -0.3 is 0 Å². The van der Waals surface area contributed by atoms with Crippen LogP contribution in [0.1, 0.15) is 0 Å². The zero-order chi connectivity index (χ0) is 0. The third kappa shape index (κ3) is 18.1. The molecule has 14 valence electrons. The zero-order valence-electron chi connectivity index (χ0n) is 3.23. The summed E-state index contributed by atoms with van der Waals surface area (Å²) in [4.78, 5) is 0. The molecule has 0 heterocycles. The first-order valence-electron chi connectivity index (χ1n) is 0.